The summed E-state index contributed by atoms with van der Waals surface area (Å²) in [6.45, 7) is 7.31. The number of rotatable bonds is 5. The first-order valence-corrected chi connectivity index (χ1v) is 5.65. The van der Waals surface area contributed by atoms with E-state index in [1.807, 2.05) is 6.26 Å². The van der Waals surface area contributed by atoms with Crippen LogP contribution in [0.25, 0.3) is 0 Å². The topological polar surface area (TPSA) is 35.5 Å². The van der Waals surface area contributed by atoms with Crippen LogP contribution in [0, 0.1) is 0 Å². The van der Waals surface area contributed by atoms with Crippen molar-refractivity contribution in [2.75, 3.05) is 13.4 Å². The highest BCUT2D eigenvalue weighted by atomic mass is 32.2. The largest absolute Gasteiger partial charge is 0.358 e. The van der Waals surface area contributed by atoms with Crippen molar-refractivity contribution < 1.29 is 14.6 Å². The van der Waals surface area contributed by atoms with Crippen molar-refractivity contribution in [3.05, 3.63) is 10.8 Å². The minimum Gasteiger partial charge on any atom is -0.297 e. The van der Waals surface area contributed by atoms with Crippen molar-refractivity contribution in [3.8, 4) is 0 Å². The van der Waals surface area contributed by atoms with Crippen molar-refractivity contribution in [1.29, 1.82) is 0 Å². The van der Waals surface area contributed by atoms with Gasteiger partial charge in [-0.15, -0.1) is 23.5 Å². The molecule has 0 bridgehead atoms. The lowest BCUT2D eigenvalue weighted by Gasteiger charge is -2.20. The van der Waals surface area contributed by atoms with Gasteiger partial charge in [0.25, 0.3) is 0 Å². The van der Waals surface area contributed by atoms with Gasteiger partial charge in [0.15, 0.2) is 0 Å². The Morgan fingerprint density at radius 3 is 2.38 bits per heavy atom. The zero-order valence-corrected chi connectivity index (χ0v) is 9.88. The maximum Gasteiger partial charge on any atom is 0.358 e. The molecule has 0 aromatic rings. The summed E-state index contributed by atoms with van der Waals surface area (Å²) < 4.78 is 0.217. The van der Waals surface area contributed by atoms with Crippen LogP contribution in [-0.2, 0) is 14.6 Å². The Balaban J connectivity index is 4.21. The van der Waals surface area contributed by atoms with E-state index in [0.717, 1.165) is 4.24 Å². The minimum absolute atomic E-state index is 0.407. The summed E-state index contributed by atoms with van der Waals surface area (Å²) in [5, 5.41) is 0. The van der Waals surface area contributed by atoms with E-state index >= 15 is 0 Å². The van der Waals surface area contributed by atoms with Crippen LogP contribution in [-0.4, -0.2) is 24.1 Å². The number of carbonyl (C=O) groups is 1. The van der Waals surface area contributed by atoms with Crippen LogP contribution in [0.4, 0.5) is 0 Å². The fourth-order valence-corrected chi connectivity index (χ4v) is 2.19. The molecular formula is C8H14O3S2. The molecule has 0 saturated heterocycles. The molecule has 5 heteroatoms. The maximum atomic E-state index is 11.3. The summed E-state index contributed by atoms with van der Waals surface area (Å²) >= 11 is 2.87. The fourth-order valence-electron chi connectivity index (χ4n) is 0.544. The zero-order valence-electron chi connectivity index (χ0n) is 8.25. The molecule has 0 aromatic heterocycles. The van der Waals surface area contributed by atoms with Crippen LogP contribution in [0.2, 0.25) is 0 Å². The third kappa shape index (κ3) is 4.59. The third-order valence-corrected chi connectivity index (χ3v) is 3.36. The summed E-state index contributed by atoms with van der Waals surface area (Å²) in [7, 11) is 1.31. The Morgan fingerprint density at radius 2 is 2.00 bits per heavy atom. The first kappa shape index (κ1) is 12.9. The molecule has 3 nitrogen and oxygen atoms in total. The van der Waals surface area contributed by atoms with Crippen LogP contribution in [0.5, 0.6) is 0 Å². The summed E-state index contributed by atoms with van der Waals surface area (Å²) in [5.74, 6) is -0.407. The monoisotopic (exact) mass is 222 g/mol. The van der Waals surface area contributed by atoms with E-state index in [4.69, 9.17) is 0 Å². The molecule has 0 saturated carbocycles. The Bertz CT molecular complexity index is 202. The number of thioether (sulfide) groups is 2. The number of carbonyl (C=O) groups excluding carboxylic acids is 1. The number of hydrogen-bond acceptors (Lipinski definition) is 5. The number of hydrogen-bond donors (Lipinski definition) is 0. The fraction of sp³-hybridized carbons (Fsp3) is 0.625. The molecule has 0 spiro atoms. The average molecular weight is 222 g/mol. The van der Waals surface area contributed by atoms with E-state index < -0.39 is 10.7 Å². The van der Waals surface area contributed by atoms with Gasteiger partial charge in [-0.1, -0.05) is 6.58 Å². The second-order valence-corrected chi connectivity index (χ2v) is 5.60. The predicted molar refractivity (Wildman–Crippen MR) is 57.4 cm³/mol. The van der Waals surface area contributed by atoms with Gasteiger partial charge in [0, 0.05) is 4.24 Å². The Kier molecular flexibility index (Phi) is 5.51. The molecule has 0 unspecified atom stereocenters. The summed E-state index contributed by atoms with van der Waals surface area (Å²) in [4.78, 5) is 20.0. The van der Waals surface area contributed by atoms with Crippen LogP contribution in [0.3, 0.4) is 0 Å². The first-order valence-electron chi connectivity index (χ1n) is 3.61. The normalized spacial score (nSPS) is 11.1. The molecule has 0 N–H and O–H groups in total. The van der Waals surface area contributed by atoms with Crippen LogP contribution < -0.4 is 0 Å². The third-order valence-electron chi connectivity index (χ3n) is 1.25. The van der Waals surface area contributed by atoms with Gasteiger partial charge in [0.05, 0.1) is 7.11 Å². The Morgan fingerprint density at radius 1 is 1.46 bits per heavy atom. The van der Waals surface area contributed by atoms with E-state index in [1.165, 1.54) is 30.6 Å². The van der Waals surface area contributed by atoms with Crippen molar-refractivity contribution in [1.82, 2.24) is 0 Å². The van der Waals surface area contributed by atoms with Crippen molar-refractivity contribution in [2.45, 2.75) is 18.6 Å². The van der Waals surface area contributed by atoms with E-state index in [2.05, 4.69) is 16.4 Å². The van der Waals surface area contributed by atoms with Crippen molar-refractivity contribution >= 4 is 29.5 Å². The molecule has 0 aromatic carbocycles. The standard InChI is InChI=1S/C8H14O3S2/c1-6(12-5)13-8(2,3)7(9)11-10-4/h1H2,2-5H3. The molecule has 0 fully saturated rings. The quantitative estimate of drug-likeness (QED) is 0.527. The summed E-state index contributed by atoms with van der Waals surface area (Å²) in [5.41, 5.74) is 0. The van der Waals surface area contributed by atoms with Crippen molar-refractivity contribution in [2.24, 2.45) is 0 Å². The molecule has 13 heavy (non-hydrogen) atoms. The summed E-state index contributed by atoms with van der Waals surface area (Å²) in [6, 6.07) is 0. The van der Waals surface area contributed by atoms with Gasteiger partial charge in [-0.3, -0.25) is 4.89 Å². The van der Waals surface area contributed by atoms with Gasteiger partial charge in [0.1, 0.15) is 4.75 Å². The molecule has 0 aliphatic rings. The maximum absolute atomic E-state index is 11.3. The van der Waals surface area contributed by atoms with Gasteiger partial charge in [-0.05, 0) is 20.1 Å². The molecule has 0 aliphatic carbocycles. The van der Waals surface area contributed by atoms with Crippen LogP contribution in [0.15, 0.2) is 10.8 Å². The van der Waals surface area contributed by atoms with Gasteiger partial charge < -0.3 is 0 Å². The SMILES string of the molecule is C=C(SC)SC(C)(C)C(=O)OOC. The highest BCUT2D eigenvalue weighted by Crippen LogP contribution is 2.36. The molecular weight excluding hydrogens is 208 g/mol. The minimum atomic E-state index is -0.657. The lowest BCUT2D eigenvalue weighted by Crippen LogP contribution is -2.29. The lowest BCUT2D eigenvalue weighted by atomic mass is 10.2. The van der Waals surface area contributed by atoms with Gasteiger partial charge in [0.2, 0.25) is 0 Å². The average Bonchev–Trinajstić information content (AvgIpc) is 2.04. The Hall–Kier alpha value is -0.130. The molecule has 0 heterocycles. The van der Waals surface area contributed by atoms with Crippen LogP contribution >= 0.6 is 23.5 Å². The molecule has 0 aliphatic heterocycles. The Labute approximate surface area is 87.2 Å². The highest BCUT2D eigenvalue weighted by Gasteiger charge is 2.31. The first-order chi connectivity index (χ1) is 5.94. The molecule has 76 valence electrons. The predicted octanol–water partition coefficient (Wildman–Crippen LogP) is 2.44. The highest BCUT2D eigenvalue weighted by molar-refractivity contribution is 8.22. The van der Waals surface area contributed by atoms with Crippen LogP contribution in [0.1, 0.15) is 13.8 Å². The molecule has 0 atom stereocenters. The van der Waals surface area contributed by atoms with Crippen molar-refractivity contribution in [3.63, 3.8) is 0 Å². The smallest absolute Gasteiger partial charge is 0.297 e. The van der Waals surface area contributed by atoms with E-state index in [-0.39, 0.29) is 0 Å². The second kappa shape index (κ2) is 5.57. The molecule has 0 rings (SSSR count). The lowest BCUT2D eigenvalue weighted by molar-refractivity contribution is -0.256. The van der Waals surface area contributed by atoms with E-state index in [0.29, 0.717) is 0 Å². The van der Waals surface area contributed by atoms with E-state index in [1.54, 1.807) is 13.8 Å². The zero-order chi connectivity index (χ0) is 10.5. The summed E-state index contributed by atoms with van der Waals surface area (Å²) in [6.07, 6.45) is 1.91. The van der Waals surface area contributed by atoms with Gasteiger partial charge >= 0.3 is 5.97 Å². The van der Waals surface area contributed by atoms with E-state index in [9.17, 15) is 4.79 Å². The van der Waals surface area contributed by atoms with Gasteiger partial charge in [-0.2, -0.15) is 4.89 Å². The molecule has 0 radical (unpaired) electrons. The molecule has 0 amide bonds. The second-order valence-electron chi connectivity index (χ2n) is 2.73. The van der Waals surface area contributed by atoms with Gasteiger partial charge in [-0.25, -0.2) is 4.79 Å².